The molecule has 2 N–H and O–H groups in total. The van der Waals surface area contributed by atoms with Crippen molar-refractivity contribution in [2.75, 3.05) is 18.5 Å². The van der Waals surface area contributed by atoms with E-state index in [1.807, 2.05) is 0 Å². The van der Waals surface area contributed by atoms with E-state index in [9.17, 15) is 13.2 Å². The van der Waals surface area contributed by atoms with Crippen LogP contribution in [0.25, 0.3) is 0 Å². The van der Waals surface area contributed by atoms with E-state index in [-0.39, 0.29) is 23.3 Å². The van der Waals surface area contributed by atoms with Crippen molar-refractivity contribution in [1.29, 1.82) is 0 Å². The molecular formula is C19H20N2O5S. The Morgan fingerprint density at radius 2 is 1.70 bits per heavy atom. The summed E-state index contributed by atoms with van der Waals surface area (Å²) in [6.45, 7) is 0.996. The first-order valence-corrected chi connectivity index (χ1v) is 10.3. The second-order valence-electron chi connectivity index (χ2n) is 6.59. The number of anilines is 1. The van der Waals surface area contributed by atoms with Crippen molar-refractivity contribution in [2.24, 2.45) is 5.92 Å². The summed E-state index contributed by atoms with van der Waals surface area (Å²) in [5.74, 6) is 1.16. The van der Waals surface area contributed by atoms with E-state index in [0.29, 0.717) is 30.4 Å². The van der Waals surface area contributed by atoms with Crippen LogP contribution < -0.4 is 19.5 Å². The predicted octanol–water partition coefficient (Wildman–Crippen LogP) is 2.28. The van der Waals surface area contributed by atoms with E-state index in [0.717, 1.165) is 18.4 Å². The number of ether oxygens (including phenoxy) is 2. The molecule has 7 nitrogen and oxygen atoms in total. The average Bonchev–Trinajstić information content (AvgIpc) is 3.52. The number of rotatable bonds is 6. The van der Waals surface area contributed by atoms with Crippen LogP contribution >= 0.6 is 0 Å². The van der Waals surface area contributed by atoms with E-state index in [4.69, 9.17) is 9.47 Å². The Morgan fingerprint density at radius 3 is 2.41 bits per heavy atom. The zero-order valence-corrected chi connectivity index (χ0v) is 15.4. The summed E-state index contributed by atoms with van der Waals surface area (Å²) in [7, 11) is -3.68. The fraction of sp³-hybridized carbons (Fsp3) is 0.316. The Bertz CT molecular complexity index is 953. The van der Waals surface area contributed by atoms with Gasteiger partial charge in [-0.25, -0.2) is 13.1 Å². The molecule has 0 bridgehead atoms. The summed E-state index contributed by atoms with van der Waals surface area (Å²) in [6, 6.07) is 11.7. The van der Waals surface area contributed by atoms with Crippen molar-refractivity contribution >= 4 is 21.6 Å². The third-order valence-corrected chi connectivity index (χ3v) is 5.86. The second kappa shape index (κ2) is 7.21. The number of hydrogen-bond donors (Lipinski definition) is 2. The maximum absolute atomic E-state index is 12.5. The van der Waals surface area contributed by atoms with Gasteiger partial charge in [0.1, 0.15) is 13.2 Å². The van der Waals surface area contributed by atoms with E-state index >= 15 is 0 Å². The lowest BCUT2D eigenvalue weighted by Crippen LogP contribution is -2.24. The van der Waals surface area contributed by atoms with E-state index < -0.39 is 10.0 Å². The molecule has 8 heteroatoms. The molecule has 0 spiro atoms. The van der Waals surface area contributed by atoms with Crippen LogP contribution in [-0.2, 0) is 21.4 Å². The van der Waals surface area contributed by atoms with Crippen LogP contribution in [0.3, 0.4) is 0 Å². The van der Waals surface area contributed by atoms with Gasteiger partial charge in [0.2, 0.25) is 15.9 Å². The molecule has 0 aromatic heterocycles. The normalized spacial score (nSPS) is 16.0. The van der Waals surface area contributed by atoms with Crippen LogP contribution in [0, 0.1) is 5.92 Å². The van der Waals surface area contributed by atoms with Crippen molar-refractivity contribution in [2.45, 2.75) is 24.3 Å². The number of nitrogens with one attached hydrogen (secondary N) is 2. The molecular weight excluding hydrogens is 368 g/mol. The number of hydrogen-bond acceptors (Lipinski definition) is 5. The molecule has 2 aromatic rings. The first-order chi connectivity index (χ1) is 13.0. The van der Waals surface area contributed by atoms with E-state index in [2.05, 4.69) is 10.0 Å². The summed E-state index contributed by atoms with van der Waals surface area (Å²) in [6.07, 6.45) is 1.90. The molecule has 1 aliphatic heterocycles. The Hall–Kier alpha value is -2.58. The number of fused-ring (bicyclic) bond motifs is 1. The average molecular weight is 388 g/mol. The molecule has 0 saturated heterocycles. The van der Waals surface area contributed by atoms with Gasteiger partial charge in [-0.3, -0.25) is 4.79 Å². The Balaban J connectivity index is 1.39. The lowest BCUT2D eigenvalue weighted by molar-refractivity contribution is -0.117. The quantitative estimate of drug-likeness (QED) is 0.792. The van der Waals surface area contributed by atoms with Gasteiger partial charge in [0.25, 0.3) is 0 Å². The van der Waals surface area contributed by atoms with Crippen LogP contribution in [0.15, 0.2) is 47.4 Å². The summed E-state index contributed by atoms with van der Waals surface area (Å²) >= 11 is 0. The molecule has 1 fully saturated rings. The van der Waals surface area contributed by atoms with Gasteiger partial charge >= 0.3 is 0 Å². The van der Waals surface area contributed by atoms with Gasteiger partial charge in [0.05, 0.1) is 4.90 Å². The summed E-state index contributed by atoms with van der Waals surface area (Å²) < 4.78 is 38.5. The minimum Gasteiger partial charge on any atom is -0.486 e. The summed E-state index contributed by atoms with van der Waals surface area (Å²) in [5, 5.41) is 2.85. The van der Waals surface area contributed by atoms with Crippen LogP contribution in [-0.4, -0.2) is 27.5 Å². The fourth-order valence-electron chi connectivity index (χ4n) is 2.75. The van der Waals surface area contributed by atoms with E-state index in [1.54, 1.807) is 30.3 Å². The highest BCUT2D eigenvalue weighted by Gasteiger charge is 2.29. The van der Waals surface area contributed by atoms with Gasteiger partial charge < -0.3 is 14.8 Å². The largest absolute Gasteiger partial charge is 0.486 e. The number of carbonyl (C=O) groups excluding carboxylic acids is 1. The molecule has 1 aliphatic carbocycles. The third kappa shape index (κ3) is 4.23. The molecule has 2 aromatic carbocycles. The molecule has 0 unspecified atom stereocenters. The van der Waals surface area contributed by atoms with Crippen molar-refractivity contribution in [1.82, 2.24) is 4.72 Å². The van der Waals surface area contributed by atoms with Crippen LogP contribution in [0.1, 0.15) is 18.4 Å². The molecule has 4 rings (SSSR count). The maximum atomic E-state index is 12.5. The number of amides is 1. The van der Waals surface area contributed by atoms with Gasteiger partial charge in [0, 0.05) is 24.2 Å². The zero-order chi connectivity index (χ0) is 18.9. The van der Waals surface area contributed by atoms with Crippen LogP contribution in [0.4, 0.5) is 5.69 Å². The molecule has 27 heavy (non-hydrogen) atoms. The summed E-state index contributed by atoms with van der Waals surface area (Å²) in [5.41, 5.74) is 1.51. The van der Waals surface area contributed by atoms with E-state index in [1.165, 1.54) is 12.1 Å². The number of carbonyl (C=O) groups is 1. The molecule has 2 aliphatic rings. The van der Waals surface area contributed by atoms with Gasteiger partial charge in [0.15, 0.2) is 11.5 Å². The Labute approximate surface area is 157 Å². The zero-order valence-electron chi connectivity index (χ0n) is 14.6. The molecule has 142 valence electrons. The fourth-order valence-corrected chi connectivity index (χ4v) is 3.78. The van der Waals surface area contributed by atoms with Gasteiger partial charge in [-0.15, -0.1) is 0 Å². The van der Waals surface area contributed by atoms with Crippen molar-refractivity contribution < 1.29 is 22.7 Å². The first-order valence-electron chi connectivity index (χ1n) is 8.80. The first kappa shape index (κ1) is 17.8. The topological polar surface area (TPSA) is 93.7 Å². The predicted molar refractivity (Wildman–Crippen MR) is 99.3 cm³/mol. The standard InChI is InChI=1S/C19H20N2O5S/c22-19(14-3-4-14)21-15-5-1-13(2-6-15)12-20-27(23,24)16-7-8-17-18(11-16)26-10-9-25-17/h1-2,5-8,11,14,20H,3-4,9-10,12H2,(H,21,22). The minimum atomic E-state index is -3.68. The Kier molecular flexibility index (Phi) is 4.75. The highest BCUT2D eigenvalue weighted by Crippen LogP contribution is 2.32. The third-order valence-electron chi connectivity index (χ3n) is 4.46. The van der Waals surface area contributed by atoms with Crippen LogP contribution in [0.2, 0.25) is 0 Å². The smallest absolute Gasteiger partial charge is 0.241 e. The SMILES string of the molecule is O=C(Nc1ccc(CNS(=O)(=O)c2ccc3c(c2)OCCO3)cc1)C1CC1. The van der Waals surface area contributed by atoms with Crippen molar-refractivity contribution in [3.05, 3.63) is 48.0 Å². The van der Waals surface area contributed by atoms with Crippen LogP contribution in [0.5, 0.6) is 11.5 Å². The number of benzene rings is 2. The van der Waals surface area contributed by atoms with Crippen molar-refractivity contribution in [3.63, 3.8) is 0 Å². The monoisotopic (exact) mass is 388 g/mol. The minimum absolute atomic E-state index is 0.0436. The molecule has 1 amide bonds. The maximum Gasteiger partial charge on any atom is 0.241 e. The summed E-state index contributed by atoms with van der Waals surface area (Å²) in [4.78, 5) is 11.9. The van der Waals surface area contributed by atoms with Gasteiger partial charge in [-0.05, 0) is 42.7 Å². The lowest BCUT2D eigenvalue weighted by Gasteiger charge is -2.19. The van der Waals surface area contributed by atoms with Gasteiger partial charge in [-0.2, -0.15) is 0 Å². The Morgan fingerprint density at radius 1 is 1.00 bits per heavy atom. The van der Waals surface area contributed by atoms with Crippen molar-refractivity contribution in [3.8, 4) is 11.5 Å². The number of sulfonamides is 1. The molecule has 0 atom stereocenters. The highest BCUT2D eigenvalue weighted by molar-refractivity contribution is 7.89. The second-order valence-corrected chi connectivity index (χ2v) is 8.36. The highest BCUT2D eigenvalue weighted by atomic mass is 32.2. The lowest BCUT2D eigenvalue weighted by atomic mass is 10.2. The van der Waals surface area contributed by atoms with Gasteiger partial charge in [-0.1, -0.05) is 12.1 Å². The molecule has 0 radical (unpaired) electrons. The molecule has 1 heterocycles. The molecule has 1 saturated carbocycles.